The van der Waals surface area contributed by atoms with Gasteiger partial charge in [-0.25, -0.2) is 4.57 Å². The molecule has 0 aliphatic heterocycles. The number of pyridine rings is 1. The van der Waals surface area contributed by atoms with Crippen LogP contribution in [0.2, 0.25) is 0 Å². The van der Waals surface area contributed by atoms with Crippen LogP contribution in [0.3, 0.4) is 0 Å². The SMILES string of the molecule is CCCCCC[n+]1cc(CC)cc(CC)c1CCC. The van der Waals surface area contributed by atoms with Crippen LogP contribution in [0, 0.1) is 0 Å². The van der Waals surface area contributed by atoms with Crippen LogP contribution in [0.4, 0.5) is 0 Å². The van der Waals surface area contributed by atoms with E-state index < -0.39 is 0 Å². The lowest BCUT2D eigenvalue weighted by Gasteiger charge is -2.10. The molecular weight excluding hydrogens is 230 g/mol. The third-order valence-electron chi connectivity index (χ3n) is 3.93. The van der Waals surface area contributed by atoms with E-state index in [9.17, 15) is 0 Å². The van der Waals surface area contributed by atoms with E-state index in [2.05, 4.69) is 44.5 Å². The van der Waals surface area contributed by atoms with Gasteiger partial charge in [0.05, 0.1) is 0 Å². The average Bonchev–Trinajstić information content (AvgIpc) is 2.44. The monoisotopic (exact) mass is 262 g/mol. The Balaban J connectivity index is 2.89. The lowest BCUT2D eigenvalue weighted by Crippen LogP contribution is -2.40. The molecule has 0 saturated carbocycles. The topological polar surface area (TPSA) is 3.88 Å². The number of aromatic nitrogens is 1. The molecule has 1 heterocycles. The van der Waals surface area contributed by atoms with Gasteiger partial charge in [0.2, 0.25) is 0 Å². The van der Waals surface area contributed by atoms with E-state index >= 15 is 0 Å². The molecule has 1 aromatic rings. The Morgan fingerprint density at radius 3 is 2.26 bits per heavy atom. The zero-order valence-corrected chi connectivity index (χ0v) is 13.5. The first-order valence-electron chi connectivity index (χ1n) is 8.30. The van der Waals surface area contributed by atoms with Crippen LogP contribution in [-0.2, 0) is 25.8 Å². The minimum atomic E-state index is 1.15. The number of unbranched alkanes of at least 4 members (excludes halogenated alkanes) is 3. The molecule has 0 amide bonds. The summed E-state index contributed by atoms with van der Waals surface area (Å²) in [5.41, 5.74) is 4.64. The van der Waals surface area contributed by atoms with E-state index in [0.29, 0.717) is 0 Å². The summed E-state index contributed by atoms with van der Waals surface area (Å²) in [4.78, 5) is 0. The third-order valence-corrected chi connectivity index (χ3v) is 3.93. The Morgan fingerprint density at radius 2 is 1.68 bits per heavy atom. The molecule has 1 aromatic heterocycles. The van der Waals surface area contributed by atoms with Gasteiger partial charge < -0.3 is 0 Å². The van der Waals surface area contributed by atoms with Gasteiger partial charge in [-0.3, -0.25) is 0 Å². The van der Waals surface area contributed by atoms with Gasteiger partial charge in [0.15, 0.2) is 11.9 Å². The van der Waals surface area contributed by atoms with Crippen molar-refractivity contribution in [3.8, 4) is 0 Å². The summed E-state index contributed by atoms with van der Waals surface area (Å²) in [7, 11) is 0. The minimum Gasteiger partial charge on any atom is -0.202 e. The van der Waals surface area contributed by atoms with Crippen molar-refractivity contribution in [2.24, 2.45) is 0 Å². The van der Waals surface area contributed by atoms with Gasteiger partial charge in [0.25, 0.3) is 0 Å². The first-order valence-corrected chi connectivity index (χ1v) is 8.30. The molecule has 0 radical (unpaired) electrons. The number of hydrogen-bond donors (Lipinski definition) is 0. The Kier molecular flexibility index (Phi) is 7.78. The molecule has 108 valence electrons. The van der Waals surface area contributed by atoms with Gasteiger partial charge in [-0.05, 0) is 31.7 Å². The molecule has 0 bridgehead atoms. The van der Waals surface area contributed by atoms with Gasteiger partial charge in [-0.15, -0.1) is 0 Å². The maximum Gasteiger partial charge on any atom is 0.184 e. The standard InChI is InChI=1S/C18H32N/c1-5-9-10-11-13-19-15-16(7-3)14-17(8-4)18(19)12-6-2/h14-15H,5-13H2,1-4H3/q+1. The van der Waals surface area contributed by atoms with Crippen molar-refractivity contribution in [3.05, 3.63) is 29.1 Å². The summed E-state index contributed by atoms with van der Waals surface area (Å²) in [6.07, 6.45) is 12.6. The van der Waals surface area contributed by atoms with E-state index in [4.69, 9.17) is 0 Å². The fourth-order valence-electron chi connectivity index (χ4n) is 2.76. The molecule has 1 heteroatoms. The summed E-state index contributed by atoms with van der Waals surface area (Å²) >= 11 is 0. The highest BCUT2D eigenvalue weighted by molar-refractivity contribution is 5.21. The van der Waals surface area contributed by atoms with E-state index in [-0.39, 0.29) is 0 Å². The number of hydrogen-bond acceptors (Lipinski definition) is 0. The molecule has 0 aromatic carbocycles. The first kappa shape index (κ1) is 16.2. The zero-order valence-electron chi connectivity index (χ0n) is 13.5. The Labute approximate surface area is 120 Å². The zero-order chi connectivity index (χ0) is 14.1. The first-order chi connectivity index (χ1) is 9.26. The second-order valence-electron chi connectivity index (χ2n) is 5.53. The van der Waals surface area contributed by atoms with Gasteiger partial charge in [-0.1, -0.05) is 40.5 Å². The molecule has 0 N–H and O–H groups in total. The van der Waals surface area contributed by atoms with Crippen molar-refractivity contribution in [1.29, 1.82) is 0 Å². The van der Waals surface area contributed by atoms with Crippen molar-refractivity contribution in [2.75, 3.05) is 0 Å². The van der Waals surface area contributed by atoms with Gasteiger partial charge in [-0.2, -0.15) is 0 Å². The summed E-state index contributed by atoms with van der Waals surface area (Å²) in [5.74, 6) is 0. The smallest absolute Gasteiger partial charge is 0.184 e. The molecule has 0 aliphatic rings. The summed E-state index contributed by atoms with van der Waals surface area (Å²) in [5, 5.41) is 0. The molecule has 0 aliphatic carbocycles. The van der Waals surface area contributed by atoms with Crippen molar-refractivity contribution in [2.45, 2.75) is 85.6 Å². The number of aryl methyl sites for hydroxylation is 3. The quantitative estimate of drug-likeness (QED) is 0.451. The van der Waals surface area contributed by atoms with Crippen LogP contribution in [0.15, 0.2) is 12.3 Å². The minimum absolute atomic E-state index is 1.15. The van der Waals surface area contributed by atoms with Gasteiger partial charge in [0.1, 0.15) is 6.54 Å². The second kappa shape index (κ2) is 9.12. The molecule has 1 rings (SSSR count). The van der Waals surface area contributed by atoms with Crippen LogP contribution in [0.1, 0.15) is 76.6 Å². The number of nitrogens with zero attached hydrogens (tertiary/aromatic N) is 1. The van der Waals surface area contributed by atoms with Crippen LogP contribution in [0.25, 0.3) is 0 Å². The van der Waals surface area contributed by atoms with Crippen LogP contribution < -0.4 is 4.57 Å². The highest BCUT2D eigenvalue weighted by atomic mass is 15.0. The predicted molar refractivity (Wildman–Crippen MR) is 83.5 cm³/mol. The molecule has 0 unspecified atom stereocenters. The van der Waals surface area contributed by atoms with Crippen molar-refractivity contribution in [1.82, 2.24) is 0 Å². The molecule has 0 saturated heterocycles. The van der Waals surface area contributed by atoms with E-state index in [1.54, 1.807) is 11.3 Å². The molecule has 19 heavy (non-hydrogen) atoms. The highest BCUT2D eigenvalue weighted by Gasteiger charge is 2.15. The highest BCUT2D eigenvalue weighted by Crippen LogP contribution is 2.12. The molecule has 0 spiro atoms. The van der Waals surface area contributed by atoms with Crippen LogP contribution in [-0.4, -0.2) is 0 Å². The second-order valence-corrected chi connectivity index (χ2v) is 5.53. The third kappa shape index (κ3) is 4.97. The lowest BCUT2D eigenvalue weighted by molar-refractivity contribution is -0.705. The largest absolute Gasteiger partial charge is 0.202 e. The maximum absolute atomic E-state index is 2.55. The fourth-order valence-corrected chi connectivity index (χ4v) is 2.76. The maximum atomic E-state index is 2.55. The van der Waals surface area contributed by atoms with Crippen molar-refractivity contribution >= 4 is 0 Å². The van der Waals surface area contributed by atoms with E-state index in [1.165, 1.54) is 50.6 Å². The Bertz CT molecular complexity index is 368. The van der Waals surface area contributed by atoms with Crippen LogP contribution in [0.5, 0.6) is 0 Å². The van der Waals surface area contributed by atoms with Crippen LogP contribution >= 0.6 is 0 Å². The normalized spacial score (nSPS) is 10.9. The summed E-state index contributed by atoms with van der Waals surface area (Å²) in [6, 6.07) is 2.42. The molecule has 0 atom stereocenters. The van der Waals surface area contributed by atoms with Crippen molar-refractivity contribution in [3.63, 3.8) is 0 Å². The lowest BCUT2D eigenvalue weighted by atomic mass is 10.0. The fraction of sp³-hybridized carbons (Fsp3) is 0.722. The van der Waals surface area contributed by atoms with E-state index in [1.807, 2.05) is 0 Å². The molecule has 1 nitrogen and oxygen atoms in total. The van der Waals surface area contributed by atoms with Crippen molar-refractivity contribution < 1.29 is 4.57 Å². The van der Waals surface area contributed by atoms with Gasteiger partial charge in [0, 0.05) is 24.0 Å². The Morgan fingerprint density at radius 1 is 0.895 bits per heavy atom. The number of rotatable bonds is 9. The molecular formula is C18H32N+. The predicted octanol–water partition coefficient (Wildman–Crippen LogP) is 4.63. The van der Waals surface area contributed by atoms with Gasteiger partial charge >= 0.3 is 0 Å². The van der Waals surface area contributed by atoms with E-state index in [0.717, 1.165) is 12.8 Å². The Hall–Kier alpha value is -0.850. The summed E-state index contributed by atoms with van der Waals surface area (Å²) in [6.45, 7) is 10.3. The molecule has 0 fully saturated rings. The average molecular weight is 262 g/mol. The summed E-state index contributed by atoms with van der Waals surface area (Å²) < 4.78 is 2.55.